The van der Waals surface area contributed by atoms with Gasteiger partial charge in [0.15, 0.2) is 0 Å². The van der Waals surface area contributed by atoms with Crippen LogP contribution in [0.5, 0.6) is 0 Å². The van der Waals surface area contributed by atoms with Gasteiger partial charge in [0, 0.05) is 6.42 Å². The Hall–Kier alpha value is -0.630. The topological polar surface area (TPSA) is 37.3 Å². The molecule has 4 rings (SSSR count). The Morgan fingerprint density at radius 1 is 1.18 bits per heavy atom. The quantitative estimate of drug-likeness (QED) is 0.561. The fourth-order valence-electron chi connectivity index (χ4n) is 8.49. The number of carbonyl (C=O) groups excluding carboxylic acids is 1. The third kappa shape index (κ3) is 3.32. The van der Waals surface area contributed by atoms with E-state index in [-0.39, 0.29) is 6.10 Å². The lowest BCUT2D eigenvalue weighted by atomic mass is 9.47. The maximum atomic E-state index is 11.3. The monoisotopic (exact) mass is 386 g/mol. The smallest absolute Gasteiger partial charge is 0.129 e. The lowest BCUT2D eigenvalue weighted by Crippen LogP contribution is -2.50. The average molecular weight is 387 g/mol. The number of Topliss-reactive ketones (excluding diaryl/α,β-unsaturated/α-hetero) is 1. The van der Waals surface area contributed by atoms with Gasteiger partial charge in [0.1, 0.15) is 5.78 Å². The van der Waals surface area contributed by atoms with E-state index in [4.69, 9.17) is 0 Å². The predicted molar refractivity (Wildman–Crippen MR) is 115 cm³/mol. The van der Waals surface area contributed by atoms with E-state index in [1.54, 1.807) is 12.5 Å². The molecular formula is C26H42O2. The van der Waals surface area contributed by atoms with E-state index in [0.29, 0.717) is 16.6 Å². The van der Waals surface area contributed by atoms with Gasteiger partial charge in [0.25, 0.3) is 0 Å². The number of hydrogen-bond acceptors (Lipinski definition) is 2. The molecule has 4 aliphatic rings. The maximum absolute atomic E-state index is 11.3. The zero-order chi connectivity index (χ0) is 20.1. The van der Waals surface area contributed by atoms with Crippen molar-refractivity contribution < 1.29 is 9.90 Å². The van der Waals surface area contributed by atoms with Gasteiger partial charge in [-0.3, -0.25) is 0 Å². The van der Waals surface area contributed by atoms with E-state index in [1.165, 1.54) is 44.9 Å². The number of ketones is 1. The lowest BCUT2D eigenvalue weighted by molar-refractivity contribution is -0.117. The van der Waals surface area contributed by atoms with E-state index in [1.807, 2.05) is 0 Å². The standard InChI is InChI=1S/C26H42O2/c1-17(6-5-7-18(2)27)22-10-11-23-21-9-8-19-16-20(28)12-14-25(19,3)24(21)13-15-26(22,23)4/h8,17,20-24,28H,5-7,9-16H2,1-4H3. The predicted octanol–water partition coefficient (Wildman–Crippen LogP) is 6.32. The van der Waals surface area contributed by atoms with Crippen LogP contribution in [0.1, 0.15) is 98.3 Å². The third-order valence-electron chi connectivity index (χ3n) is 10.0. The van der Waals surface area contributed by atoms with Crippen LogP contribution in [0.25, 0.3) is 0 Å². The number of aliphatic hydroxyl groups excluding tert-OH is 1. The molecule has 2 heteroatoms. The highest BCUT2D eigenvalue weighted by Gasteiger charge is 2.59. The second kappa shape index (κ2) is 7.56. The van der Waals surface area contributed by atoms with Crippen molar-refractivity contribution in [3.05, 3.63) is 11.6 Å². The molecule has 3 saturated carbocycles. The first kappa shape index (κ1) is 20.6. The molecule has 0 bridgehead atoms. The first-order chi connectivity index (χ1) is 13.3. The summed E-state index contributed by atoms with van der Waals surface area (Å²) in [5.74, 6) is 4.52. The van der Waals surface area contributed by atoms with Crippen LogP contribution in [0.4, 0.5) is 0 Å². The van der Waals surface area contributed by atoms with Gasteiger partial charge < -0.3 is 9.90 Å². The van der Waals surface area contributed by atoms with Gasteiger partial charge in [-0.15, -0.1) is 0 Å². The molecule has 3 fully saturated rings. The Balaban J connectivity index is 1.50. The number of allylic oxidation sites excluding steroid dienone is 1. The summed E-state index contributed by atoms with van der Waals surface area (Å²) < 4.78 is 0. The summed E-state index contributed by atoms with van der Waals surface area (Å²) in [5, 5.41) is 10.2. The number of fused-ring (bicyclic) bond motifs is 5. The summed E-state index contributed by atoms with van der Waals surface area (Å²) in [6.07, 6.45) is 15.5. The van der Waals surface area contributed by atoms with E-state index in [2.05, 4.69) is 26.8 Å². The number of hydrogen-bond donors (Lipinski definition) is 1. The van der Waals surface area contributed by atoms with Crippen LogP contribution in [-0.4, -0.2) is 17.0 Å². The lowest BCUT2D eigenvalue weighted by Gasteiger charge is -2.58. The molecule has 0 aromatic heterocycles. The normalized spacial score (nSPS) is 46.2. The van der Waals surface area contributed by atoms with Gasteiger partial charge in [-0.2, -0.15) is 0 Å². The van der Waals surface area contributed by atoms with E-state index < -0.39 is 0 Å². The van der Waals surface area contributed by atoms with Crippen LogP contribution in [0.2, 0.25) is 0 Å². The van der Waals surface area contributed by atoms with Crippen molar-refractivity contribution in [2.45, 2.75) is 104 Å². The summed E-state index contributed by atoms with van der Waals surface area (Å²) in [5.41, 5.74) is 2.45. The molecular weight excluding hydrogens is 344 g/mol. The highest BCUT2D eigenvalue weighted by atomic mass is 16.3. The van der Waals surface area contributed by atoms with Crippen molar-refractivity contribution in [1.82, 2.24) is 0 Å². The van der Waals surface area contributed by atoms with Crippen molar-refractivity contribution in [1.29, 1.82) is 0 Å². The Morgan fingerprint density at radius 2 is 1.96 bits per heavy atom. The van der Waals surface area contributed by atoms with E-state index >= 15 is 0 Å². The molecule has 0 aliphatic heterocycles. The van der Waals surface area contributed by atoms with Crippen LogP contribution < -0.4 is 0 Å². The molecule has 0 aromatic carbocycles. The van der Waals surface area contributed by atoms with Crippen LogP contribution in [0.3, 0.4) is 0 Å². The molecule has 0 amide bonds. The first-order valence-corrected chi connectivity index (χ1v) is 12.1. The Bertz CT molecular complexity index is 636. The minimum Gasteiger partial charge on any atom is -0.393 e. The largest absolute Gasteiger partial charge is 0.393 e. The summed E-state index contributed by atoms with van der Waals surface area (Å²) in [6.45, 7) is 9.35. The fraction of sp³-hybridized carbons (Fsp3) is 0.885. The molecule has 8 atom stereocenters. The van der Waals surface area contributed by atoms with Gasteiger partial charge in [-0.1, -0.05) is 38.8 Å². The molecule has 1 N–H and O–H groups in total. The second-order valence-corrected chi connectivity index (χ2v) is 11.5. The Kier molecular flexibility index (Phi) is 5.57. The summed E-state index contributed by atoms with van der Waals surface area (Å²) in [6, 6.07) is 0. The highest BCUT2D eigenvalue weighted by molar-refractivity contribution is 5.75. The number of carbonyl (C=O) groups is 1. The molecule has 28 heavy (non-hydrogen) atoms. The van der Waals surface area contributed by atoms with Gasteiger partial charge in [0.05, 0.1) is 6.10 Å². The number of rotatable bonds is 5. The van der Waals surface area contributed by atoms with Gasteiger partial charge in [0.2, 0.25) is 0 Å². The summed E-state index contributed by atoms with van der Waals surface area (Å²) in [4.78, 5) is 11.3. The van der Waals surface area contributed by atoms with Crippen LogP contribution in [0.15, 0.2) is 11.6 Å². The van der Waals surface area contributed by atoms with Crippen molar-refractivity contribution >= 4 is 5.78 Å². The Labute approximate surface area is 172 Å². The van der Waals surface area contributed by atoms with Crippen molar-refractivity contribution in [2.75, 3.05) is 0 Å². The first-order valence-electron chi connectivity index (χ1n) is 12.1. The van der Waals surface area contributed by atoms with E-state index in [0.717, 1.165) is 55.3 Å². The minimum atomic E-state index is -0.101. The van der Waals surface area contributed by atoms with Gasteiger partial charge in [-0.05, 0) is 105 Å². The molecule has 0 aromatic rings. The minimum absolute atomic E-state index is 0.101. The maximum Gasteiger partial charge on any atom is 0.129 e. The molecule has 0 saturated heterocycles. The highest BCUT2D eigenvalue weighted by Crippen LogP contribution is 2.67. The molecule has 158 valence electrons. The van der Waals surface area contributed by atoms with Crippen molar-refractivity contribution in [3.8, 4) is 0 Å². The molecule has 0 radical (unpaired) electrons. The molecule has 2 nitrogen and oxygen atoms in total. The molecule has 8 unspecified atom stereocenters. The van der Waals surface area contributed by atoms with Crippen LogP contribution in [0, 0.1) is 40.4 Å². The van der Waals surface area contributed by atoms with Gasteiger partial charge >= 0.3 is 0 Å². The summed E-state index contributed by atoms with van der Waals surface area (Å²) in [7, 11) is 0. The summed E-state index contributed by atoms with van der Waals surface area (Å²) >= 11 is 0. The zero-order valence-electron chi connectivity index (χ0n) is 18.7. The fourth-order valence-corrected chi connectivity index (χ4v) is 8.49. The zero-order valence-corrected chi connectivity index (χ0v) is 18.7. The SMILES string of the molecule is CC(=O)CCCC(C)C1CCC2C3CC=C4CC(O)CCC4(C)C3CCC12C. The second-order valence-electron chi connectivity index (χ2n) is 11.5. The third-order valence-corrected chi connectivity index (χ3v) is 10.0. The van der Waals surface area contributed by atoms with Crippen molar-refractivity contribution in [2.24, 2.45) is 40.4 Å². The van der Waals surface area contributed by atoms with E-state index in [9.17, 15) is 9.90 Å². The molecule has 4 aliphatic carbocycles. The van der Waals surface area contributed by atoms with Crippen LogP contribution in [-0.2, 0) is 4.79 Å². The van der Waals surface area contributed by atoms with Gasteiger partial charge in [-0.25, -0.2) is 0 Å². The Morgan fingerprint density at radius 3 is 2.71 bits per heavy atom. The molecule has 0 spiro atoms. The van der Waals surface area contributed by atoms with Crippen LogP contribution >= 0.6 is 0 Å². The average Bonchev–Trinajstić information content (AvgIpc) is 2.99. The van der Waals surface area contributed by atoms with Crippen molar-refractivity contribution in [3.63, 3.8) is 0 Å². The molecule has 0 heterocycles. The number of aliphatic hydroxyl groups is 1.